The van der Waals surface area contributed by atoms with E-state index in [4.69, 9.17) is 0 Å². The average molecular weight is 307 g/mol. The number of carbonyl (C=O) groups excluding carboxylic acids is 2. The van der Waals surface area contributed by atoms with Crippen LogP contribution in [0.25, 0.3) is 5.70 Å². The highest BCUT2D eigenvalue weighted by Crippen LogP contribution is 2.48. The van der Waals surface area contributed by atoms with Crippen molar-refractivity contribution in [1.29, 1.82) is 0 Å². The molecule has 4 heteroatoms. The summed E-state index contributed by atoms with van der Waals surface area (Å²) in [6.07, 6.45) is 0. The molecular formula is C18H13NO2S. The van der Waals surface area contributed by atoms with Gasteiger partial charge < -0.3 is 5.32 Å². The highest BCUT2D eigenvalue weighted by molar-refractivity contribution is 8.14. The second-order valence-electron chi connectivity index (χ2n) is 5.49. The maximum atomic E-state index is 12.8. The van der Waals surface area contributed by atoms with Crippen LogP contribution in [0.4, 0.5) is 4.79 Å². The molecule has 0 radical (unpaired) electrons. The summed E-state index contributed by atoms with van der Waals surface area (Å²) in [7, 11) is 0. The molecule has 0 aromatic heterocycles. The number of hydrogen-bond donors (Lipinski definition) is 1. The Labute approximate surface area is 132 Å². The first-order chi connectivity index (χ1) is 10.6. The van der Waals surface area contributed by atoms with Crippen molar-refractivity contribution in [2.75, 3.05) is 0 Å². The van der Waals surface area contributed by atoms with Crippen molar-refractivity contribution in [2.45, 2.75) is 12.2 Å². The van der Waals surface area contributed by atoms with Gasteiger partial charge in [0.05, 0.1) is 10.9 Å². The first-order valence-corrected chi connectivity index (χ1v) is 7.95. The summed E-state index contributed by atoms with van der Waals surface area (Å²) in [5.74, 6) is 0.0182. The number of carbonyl (C=O) groups is 2. The zero-order valence-electron chi connectivity index (χ0n) is 11.9. The van der Waals surface area contributed by atoms with Crippen LogP contribution in [0.3, 0.4) is 0 Å². The SMILES string of the molecule is Cc1cccc([C@H]2SC(=O)NC3=C2C(=O)c2ccccc23)c1. The zero-order chi connectivity index (χ0) is 15.3. The Morgan fingerprint density at radius 1 is 1.00 bits per heavy atom. The predicted molar refractivity (Wildman–Crippen MR) is 87.7 cm³/mol. The van der Waals surface area contributed by atoms with E-state index in [9.17, 15) is 9.59 Å². The van der Waals surface area contributed by atoms with Gasteiger partial charge in [-0.15, -0.1) is 0 Å². The number of hydrogen-bond acceptors (Lipinski definition) is 3. The van der Waals surface area contributed by atoms with Crippen LogP contribution in [-0.2, 0) is 0 Å². The lowest BCUT2D eigenvalue weighted by atomic mass is 9.99. The molecule has 2 aromatic rings. The molecule has 108 valence electrons. The molecule has 0 unspecified atom stereocenters. The van der Waals surface area contributed by atoms with Crippen molar-refractivity contribution in [3.8, 4) is 0 Å². The lowest BCUT2D eigenvalue weighted by Crippen LogP contribution is -2.25. The van der Waals surface area contributed by atoms with Gasteiger partial charge in [0.25, 0.3) is 5.24 Å². The van der Waals surface area contributed by atoms with Gasteiger partial charge in [-0.1, -0.05) is 65.9 Å². The quantitative estimate of drug-likeness (QED) is 0.862. The van der Waals surface area contributed by atoms with Gasteiger partial charge in [0.2, 0.25) is 0 Å². The monoisotopic (exact) mass is 307 g/mol. The lowest BCUT2D eigenvalue weighted by Gasteiger charge is -2.24. The van der Waals surface area contributed by atoms with Crippen molar-refractivity contribution < 1.29 is 9.59 Å². The smallest absolute Gasteiger partial charge is 0.284 e. The van der Waals surface area contributed by atoms with E-state index in [0.29, 0.717) is 16.8 Å². The summed E-state index contributed by atoms with van der Waals surface area (Å²) in [5, 5.41) is 2.50. The van der Waals surface area contributed by atoms with Gasteiger partial charge >= 0.3 is 0 Å². The Kier molecular flexibility index (Phi) is 2.94. The Hall–Kier alpha value is -2.33. The van der Waals surface area contributed by atoms with Gasteiger partial charge in [-0.2, -0.15) is 0 Å². The summed E-state index contributed by atoms with van der Waals surface area (Å²) in [4.78, 5) is 24.9. The summed E-state index contributed by atoms with van der Waals surface area (Å²) in [6.45, 7) is 2.01. The Balaban J connectivity index is 1.90. The molecule has 1 N–H and O–H groups in total. The first kappa shape index (κ1) is 13.3. The normalized spacial score (nSPS) is 19.8. The highest BCUT2D eigenvalue weighted by atomic mass is 32.2. The molecule has 0 spiro atoms. The maximum absolute atomic E-state index is 12.8. The second kappa shape index (κ2) is 4.85. The van der Waals surface area contributed by atoms with Crippen LogP contribution >= 0.6 is 11.8 Å². The van der Waals surface area contributed by atoms with E-state index in [0.717, 1.165) is 16.7 Å². The van der Waals surface area contributed by atoms with Gasteiger partial charge in [-0.3, -0.25) is 9.59 Å². The summed E-state index contributed by atoms with van der Waals surface area (Å²) in [5.41, 5.74) is 4.98. The molecule has 0 bridgehead atoms. The molecule has 4 rings (SSSR count). The van der Waals surface area contributed by atoms with Crippen molar-refractivity contribution in [3.05, 3.63) is 76.4 Å². The number of fused-ring (bicyclic) bond motifs is 2. The molecule has 1 amide bonds. The molecule has 22 heavy (non-hydrogen) atoms. The number of ketones is 1. The number of nitrogens with one attached hydrogen (secondary N) is 1. The van der Waals surface area contributed by atoms with Gasteiger partial charge in [0.15, 0.2) is 5.78 Å². The molecule has 0 saturated carbocycles. The minimum Gasteiger partial charge on any atom is -0.316 e. The molecule has 1 aliphatic heterocycles. The third-order valence-electron chi connectivity index (χ3n) is 4.01. The fourth-order valence-corrected chi connectivity index (χ4v) is 4.05. The van der Waals surface area contributed by atoms with E-state index >= 15 is 0 Å². The van der Waals surface area contributed by atoms with E-state index in [-0.39, 0.29) is 16.3 Å². The van der Waals surface area contributed by atoms with Crippen LogP contribution in [0.2, 0.25) is 0 Å². The molecule has 1 heterocycles. The van der Waals surface area contributed by atoms with Crippen molar-refractivity contribution in [2.24, 2.45) is 0 Å². The molecular weight excluding hydrogens is 294 g/mol. The number of Topliss-reactive ketones (excluding diaryl/α,β-unsaturated/α-hetero) is 1. The zero-order valence-corrected chi connectivity index (χ0v) is 12.7. The van der Waals surface area contributed by atoms with E-state index in [2.05, 4.69) is 5.32 Å². The summed E-state index contributed by atoms with van der Waals surface area (Å²) < 4.78 is 0. The number of thioether (sulfide) groups is 1. The van der Waals surface area contributed by atoms with Gasteiger partial charge in [-0.05, 0) is 12.5 Å². The van der Waals surface area contributed by atoms with Crippen LogP contribution < -0.4 is 5.32 Å². The minimum atomic E-state index is -0.247. The predicted octanol–water partition coefficient (Wildman–Crippen LogP) is 4.10. The van der Waals surface area contributed by atoms with Crippen LogP contribution in [-0.4, -0.2) is 11.0 Å². The average Bonchev–Trinajstić information content (AvgIpc) is 2.80. The number of amides is 1. The van der Waals surface area contributed by atoms with Gasteiger partial charge in [0, 0.05) is 16.7 Å². The lowest BCUT2D eigenvalue weighted by molar-refractivity contribution is 0.103. The fourth-order valence-electron chi connectivity index (χ4n) is 3.05. The van der Waals surface area contributed by atoms with Crippen LogP contribution in [0.15, 0.2) is 54.1 Å². The molecule has 0 saturated heterocycles. The first-order valence-electron chi connectivity index (χ1n) is 7.07. The molecule has 2 aromatic carbocycles. The van der Waals surface area contributed by atoms with Crippen LogP contribution in [0, 0.1) is 6.92 Å². The maximum Gasteiger partial charge on any atom is 0.284 e. The van der Waals surface area contributed by atoms with Crippen molar-refractivity contribution in [1.82, 2.24) is 5.32 Å². The number of rotatable bonds is 1. The molecule has 1 atom stereocenters. The van der Waals surface area contributed by atoms with E-state index in [1.165, 1.54) is 11.8 Å². The largest absolute Gasteiger partial charge is 0.316 e. The summed E-state index contributed by atoms with van der Waals surface area (Å²) >= 11 is 1.17. The number of benzene rings is 2. The van der Waals surface area contributed by atoms with Gasteiger partial charge in [-0.25, -0.2) is 0 Å². The van der Waals surface area contributed by atoms with E-state index in [1.807, 2.05) is 55.5 Å². The van der Waals surface area contributed by atoms with Crippen LogP contribution in [0.5, 0.6) is 0 Å². The molecule has 2 aliphatic rings. The standard InChI is InChI=1S/C18H13NO2S/c1-10-5-4-6-11(9-10)17-14-15(19-18(21)22-17)12-7-2-3-8-13(12)16(14)20/h2-9,17H,1H3,(H,19,21)/t17-/m1/s1. The Morgan fingerprint density at radius 3 is 2.55 bits per heavy atom. The van der Waals surface area contributed by atoms with Crippen molar-refractivity contribution >= 4 is 28.5 Å². The summed E-state index contributed by atoms with van der Waals surface area (Å²) in [6, 6.07) is 15.4. The number of aryl methyl sites for hydroxylation is 1. The molecule has 3 nitrogen and oxygen atoms in total. The Morgan fingerprint density at radius 2 is 1.77 bits per heavy atom. The third kappa shape index (κ3) is 1.91. The van der Waals surface area contributed by atoms with Crippen molar-refractivity contribution in [3.63, 3.8) is 0 Å². The fraction of sp³-hybridized carbons (Fsp3) is 0.111. The van der Waals surface area contributed by atoms with Gasteiger partial charge in [0.1, 0.15) is 0 Å². The second-order valence-corrected chi connectivity index (χ2v) is 6.57. The van der Waals surface area contributed by atoms with E-state index < -0.39 is 0 Å². The van der Waals surface area contributed by atoms with Crippen LogP contribution in [0.1, 0.15) is 32.3 Å². The minimum absolute atomic E-state index is 0.0182. The Bertz CT molecular complexity index is 854. The molecule has 0 fully saturated rings. The third-order valence-corrected chi connectivity index (χ3v) is 5.07. The van der Waals surface area contributed by atoms with E-state index in [1.54, 1.807) is 0 Å². The topological polar surface area (TPSA) is 46.2 Å². The molecule has 1 aliphatic carbocycles. The highest BCUT2D eigenvalue weighted by Gasteiger charge is 2.40.